The molecule has 0 unspecified atom stereocenters. The van der Waals surface area contributed by atoms with Gasteiger partial charge < -0.3 is 9.21 Å². The zero-order valence-electron chi connectivity index (χ0n) is 16.7. The Morgan fingerprint density at radius 2 is 1.79 bits per heavy atom. The van der Waals surface area contributed by atoms with Crippen LogP contribution in [-0.4, -0.2) is 25.8 Å². The van der Waals surface area contributed by atoms with Crippen LogP contribution < -0.4 is 9.21 Å². The number of para-hydroxylation sites is 1. The predicted molar refractivity (Wildman–Crippen MR) is 126 cm³/mol. The predicted octanol–water partition coefficient (Wildman–Crippen LogP) is 5.90. The summed E-state index contributed by atoms with van der Waals surface area (Å²) in [6, 6.07) is 24.8. The molecule has 0 saturated carbocycles. The lowest BCUT2D eigenvalue weighted by Gasteiger charge is -2.23. The number of carbonyl (C=O) groups is 1. The van der Waals surface area contributed by atoms with Crippen molar-refractivity contribution in [1.82, 2.24) is 0 Å². The fourth-order valence-electron chi connectivity index (χ4n) is 3.59. The van der Waals surface area contributed by atoms with Gasteiger partial charge in [-0.15, -0.1) is 11.8 Å². The summed E-state index contributed by atoms with van der Waals surface area (Å²) in [6.45, 7) is 0.734. The van der Waals surface area contributed by atoms with Gasteiger partial charge in [0.05, 0.1) is 11.3 Å². The highest BCUT2D eigenvalue weighted by Crippen LogP contribution is 2.35. The second kappa shape index (κ2) is 8.97. The zero-order chi connectivity index (χ0) is 20.2. The van der Waals surface area contributed by atoms with Crippen molar-refractivity contribution in [3.8, 4) is 0 Å². The van der Waals surface area contributed by atoms with Crippen LogP contribution in [-0.2, 0) is 12.2 Å². The van der Waals surface area contributed by atoms with Gasteiger partial charge in [-0.2, -0.15) is 0 Å². The number of thioether (sulfide) groups is 1. The molecular weight excluding hydrogens is 396 g/mol. The Morgan fingerprint density at radius 1 is 1.03 bits per heavy atom. The number of hydrogen-bond donors (Lipinski definition) is 0. The Bertz CT molecular complexity index is 1010. The van der Waals surface area contributed by atoms with Crippen LogP contribution in [0.2, 0.25) is 0 Å². The Hall–Kier alpha value is -2.37. The van der Waals surface area contributed by atoms with E-state index in [0.717, 1.165) is 35.7 Å². The first-order valence-corrected chi connectivity index (χ1v) is 11.8. The topological polar surface area (TPSA) is 23.6 Å². The number of anilines is 2. The van der Waals surface area contributed by atoms with Crippen molar-refractivity contribution in [3.63, 3.8) is 0 Å². The van der Waals surface area contributed by atoms with Gasteiger partial charge in [0, 0.05) is 36.2 Å². The number of hydrogen-bond acceptors (Lipinski definition) is 4. The van der Waals surface area contributed by atoms with Crippen molar-refractivity contribution in [2.75, 3.05) is 29.1 Å². The van der Waals surface area contributed by atoms with E-state index < -0.39 is 0 Å². The average molecular weight is 421 g/mol. The monoisotopic (exact) mass is 420 g/mol. The third-order valence-electron chi connectivity index (χ3n) is 5.19. The molecule has 0 radical (unpaired) electrons. The maximum absolute atomic E-state index is 13.3. The molecule has 1 amide bonds. The molecule has 0 atom stereocenters. The lowest BCUT2D eigenvalue weighted by atomic mass is 10.1. The number of nitrogens with zero attached hydrogens (tertiary/aromatic N) is 2. The molecule has 3 aromatic carbocycles. The summed E-state index contributed by atoms with van der Waals surface area (Å²) in [5, 5.41) is 0. The highest BCUT2D eigenvalue weighted by Gasteiger charge is 2.27. The second-order valence-electron chi connectivity index (χ2n) is 6.97. The van der Waals surface area contributed by atoms with Crippen LogP contribution >= 0.6 is 23.7 Å². The smallest absolute Gasteiger partial charge is 0.260 e. The van der Waals surface area contributed by atoms with Crippen LogP contribution in [0, 0.1) is 0 Å². The van der Waals surface area contributed by atoms with Crippen molar-refractivity contribution >= 4 is 41.0 Å². The Kier molecular flexibility index (Phi) is 6.16. The van der Waals surface area contributed by atoms with Gasteiger partial charge in [0.1, 0.15) is 0 Å². The third kappa shape index (κ3) is 4.31. The molecular formula is C24H24N2OS2. The Labute approximate surface area is 181 Å². The fourth-order valence-corrected chi connectivity index (χ4v) is 4.86. The number of rotatable bonds is 6. The lowest BCUT2D eigenvalue weighted by Crippen LogP contribution is -2.30. The largest absolute Gasteiger partial charge is 0.319 e. The molecule has 1 aliphatic heterocycles. The van der Waals surface area contributed by atoms with Crippen molar-refractivity contribution in [2.24, 2.45) is 0 Å². The molecule has 0 aromatic heterocycles. The molecule has 3 aromatic rings. The Morgan fingerprint density at radius 3 is 2.59 bits per heavy atom. The van der Waals surface area contributed by atoms with Crippen LogP contribution in [0.5, 0.6) is 0 Å². The first kappa shape index (κ1) is 19.9. The van der Waals surface area contributed by atoms with E-state index in [1.165, 1.54) is 16.0 Å². The van der Waals surface area contributed by atoms with Crippen LogP contribution in [0.1, 0.15) is 21.5 Å². The van der Waals surface area contributed by atoms with Crippen molar-refractivity contribution in [1.29, 1.82) is 0 Å². The van der Waals surface area contributed by atoms with Gasteiger partial charge in [0.25, 0.3) is 5.91 Å². The van der Waals surface area contributed by atoms with Gasteiger partial charge in [-0.1, -0.05) is 54.4 Å². The van der Waals surface area contributed by atoms with E-state index in [4.69, 9.17) is 0 Å². The SMILES string of the molecule is CSN(C)c1ccccc1C(=O)N1CCc2cc(SCc3ccccc3)ccc21. The summed E-state index contributed by atoms with van der Waals surface area (Å²) in [6.07, 6.45) is 2.92. The summed E-state index contributed by atoms with van der Waals surface area (Å²) >= 11 is 3.44. The summed E-state index contributed by atoms with van der Waals surface area (Å²) in [4.78, 5) is 16.5. The molecule has 1 aliphatic rings. The second-order valence-corrected chi connectivity index (χ2v) is 8.93. The van der Waals surface area contributed by atoms with E-state index in [-0.39, 0.29) is 5.91 Å². The van der Waals surface area contributed by atoms with Crippen molar-refractivity contribution < 1.29 is 4.79 Å². The Balaban J connectivity index is 1.53. The van der Waals surface area contributed by atoms with Gasteiger partial charge in [-0.05, 0) is 47.9 Å². The molecule has 5 heteroatoms. The van der Waals surface area contributed by atoms with Crippen LogP contribution in [0.25, 0.3) is 0 Å². The molecule has 0 saturated heterocycles. The minimum absolute atomic E-state index is 0.0740. The maximum Gasteiger partial charge on any atom is 0.260 e. The van der Waals surface area contributed by atoms with E-state index >= 15 is 0 Å². The molecule has 3 nitrogen and oxygen atoms in total. The number of fused-ring (bicyclic) bond motifs is 1. The van der Waals surface area contributed by atoms with E-state index in [0.29, 0.717) is 0 Å². The van der Waals surface area contributed by atoms with E-state index in [9.17, 15) is 4.79 Å². The minimum Gasteiger partial charge on any atom is -0.319 e. The zero-order valence-corrected chi connectivity index (χ0v) is 18.3. The van der Waals surface area contributed by atoms with Gasteiger partial charge in [-0.25, -0.2) is 0 Å². The van der Waals surface area contributed by atoms with Crippen LogP contribution in [0.3, 0.4) is 0 Å². The lowest BCUT2D eigenvalue weighted by molar-refractivity contribution is 0.0990. The van der Waals surface area contributed by atoms with Crippen molar-refractivity contribution in [3.05, 3.63) is 89.5 Å². The van der Waals surface area contributed by atoms with E-state index in [2.05, 4.69) is 42.5 Å². The normalized spacial score (nSPS) is 12.7. The highest BCUT2D eigenvalue weighted by molar-refractivity contribution is 7.99. The molecule has 4 rings (SSSR count). The summed E-state index contributed by atoms with van der Waals surface area (Å²) < 4.78 is 2.04. The number of carbonyl (C=O) groups excluding carboxylic acids is 1. The van der Waals surface area contributed by atoms with Gasteiger partial charge in [0.15, 0.2) is 0 Å². The highest BCUT2D eigenvalue weighted by atomic mass is 32.2. The van der Waals surface area contributed by atoms with Gasteiger partial charge in [0.2, 0.25) is 0 Å². The summed E-state index contributed by atoms with van der Waals surface area (Å²) in [5.74, 6) is 1.03. The quantitative estimate of drug-likeness (QED) is 0.366. The molecule has 0 spiro atoms. The minimum atomic E-state index is 0.0740. The standard InChI is InChI=1S/C24H24N2OS2/c1-25(28-2)23-11-7-6-10-21(23)24(27)26-15-14-19-16-20(12-13-22(19)26)29-17-18-8-4-3-5-9-18/h3-13,16H,14-15,17H2,1-2H3. The third-order valence-corrected chi connectivity index (χ3v) is 7.00. The molecule has 148 valence electrons. The summed E-state index contributed by atoms with van der Waals surface area (Å²) in [7, 11) is 1.99. The van der Waals surface area contributed by atoms with Crippen LogP contribution in [0.4, 0.5) is 11.4 Å². The van der Waals surface area contributed by atoms with E-state index in [1.54, 1.807) is 11.9 Å². The average Bonchev–Trinajstić information content (AvgIpc) is 3.20. The van der Waals surface area contributed by atoms with E-state index in [1.807, 2.05) is 64.6 Å². The molecule has 0 aliphatic carbocycles. The molecule has 0 N–H and O–H groups in total. The maximum atomic E-state index is 13.3. The number of amides is 1. The fraction of sp³-hybridized carbons (Fsp3) is 0.208. The van der Waals surface area contributed by atoms with Crippen molar-refractivity contribution in [2.45, 2.75) is 17.1 Å². The first-order valence-electron chi connectivity index (χ1n) is 9.66. The van der Waals surface area contributed by atoms with Gasteiger partial charge >= 0.3 is 0 Å². The molecule has 0 bridgehead atoms. The molecule has 0 fully saturated rings. The number of benzene rings is 3. The van der Waals surface area contributed by atoms with Crippen LogP contribution in [0.15, 0.2) is 77.7 Å². The molecule has 1 heterocycles. The first-order chi connectivity index (χ1) is 14.2. The summed E-state index contributed by atoms with van der Waals surface area (Å²) in [5.41, 5.74) is 5.32. The van der Waals surface area contributed by atoms with Gasteiger partial charge in [-0.3, -0.25) is 4.79 Å². The molecule has 29 heavy (non-hydrogen) atoms.